The molecule has 4 rings (SSSR count). The first-order valence-electron chi connectivity index (χ1n) is 10.7. The third-order valence-corrected chi connectivity index (χ3v) is 8.83. The highest BCUT2D eigenvalue weighted by molar-refractivity contribution is 7.16. The van der Waals surface area contributed by atoms with Crippen LogP contribution in [0.2, 0.25) is 10.0 Å². The number of carbonyl (C=O) groups is 1. The van der Waals surface area contributed by atoms with Crippen LogP contribution in [0, 0.1) is 11.3 Å². The number of anilines is 1. The summed E-state index contributed by atoms with van der Waals surface area (Å²) in [7, 11) is 0. The molecular formula is C23H28Cl2N2O3S. The summed E-state index contributed by atoms with van der Waals surface area (Å²) in [6, 6.07) is 1.49. The molecule has 2 unspecified atom stereocenters. The Labute approximate surface area is 197 Å². The van der Waals surface area contributed by atoms with Gasteiger partial charge in [0.2, 0.25) is 0 Å². The van der Waals surface area contributed by atoms with E-state index in [1.54, 1.807) is 11.3 Å². The van der Waals surface area contributed by atoms with Gasteiger partial charge in [0.15, 0.2) is 11.5 Å². The van der Waals surface area contributed by atoms with E-state index in [9.17, 15) is 9.90 Å². The highest BCUT2D eigenvalue weighted by atomic mass is 35.5. The lowest BCUT2D eigenvalue weighted by Gasteiger charge is -2.36. The summed E-state index contributed by atoms with van der Waals surface area (Å²) in [5, 5.41) is 18.4. The van der Waals surface area contributed by atoms with Crippen LogP contribution in [-0.4, -0.2) is 17.6 Å². The van der Waals surface area contributed by atoms with Gasteiger partial charge in [-0.3, -0.25) is 4.79 Å². The molecular weight excluding hydrogens is 455 g/mol. The first-order valence-corrected chi connectivity index (χ1v) is 12.3. The van der Waals surface area contributed by atoms with Crippen LogP contribution in [0.1, 0.15) is 73.1 Å². The van der Waals surface area contributed by atoms with E-state index in [0.717, 1.165) is 41.8 Å². The second-order valence-corrected chi connectivity index (χ2v) is 10.8. The summed E-state index contributed by atoms with van der Waals surface area (Å²) < 4.78 is 5.49. The number of aromatic hydroxyl groups is 1. The average Bonchev–Trinajstić information content (AvgIpc) is 3.10. The van der Waals surface area contributed by atoms with Gasteiger partial charge in [-0.15, -0.1) is 11.3 Å². The minimum atomic E-state index is -0.701. The Balaban J connectivity index is 1.69. The monoisotopic (exact) mass is 482 g/mol. The summed E-state index contributed by atoms with van der Waals surface area (Å²) in [5.74, 6) is 0.564. The maximum absolute atomic E-state index is 13.1. The Morgan fingerprint density at radius 2 is 2.03 bits per heavy atom. The number of rotatable bonds is 5. The molecule has 2 aromatic rings. The third-order valence-electron chi connectivity index (χ3n) is 6.84. The van der Waals surface area contributed by atoms with E-state index in [1.165, 1.54) is 10.9 Å². The van der Waals surface area contributed by atoms with Crippen molar-refractivity contribution >= 4 is 45.4 Å². The molecule has 2 atom stereocenters. The smallest absolute Gasteiger partial charge is 0.256 e. The third kappa shape index (κ3) is 3.87. The van der Waals surface area contributed by atoms with Gasteiger partial charge in [0.1, 0.15) is 11.2 Å². The molecule has 0 bridgehead atoms. The number of fused-ring (bicyclic) bond motifs is 3. The van der Waals surface area contributed by atoms with Crippen molar-refractivity contribution in [3.63, 3.8) is 0 Å². The number of hydrogen-bond donors (Lipinski definition) is 3. The lowest BCUT2D eigenvalue weighted by Crippen LogP contribution is -2.38. The zero-order valence-corrected chi connectivity index (χ0v) is 20.5. The van der Waals surface area contributed by atoms with Crippen LogP contribution < -0.4 is 15.4 Å². The van der Waals surface area contributed by atoms with Crippen molar-refractivity contribution in [2.24, 2.45) is 11.3 Å². The van der Waals surface area contributed by atoms with Crippen molar-refractivity contribution in [2.75, 3.05) is 11.9 Å². The molecule has 2 aliphatic rings. The van der Waals surface area contributed by atoms with Gasteiger partial charge in [-0.05, 0) is 43.1 Å². The SMILES string of the molecule is CCOc1cc(Cl)c(Cl)c(C2NC(=O)c3c(sc4c3CCC(C(C)(C)CC)C4)N2)c1O. The average molecular weight is 483 g/mol. The van der Waals surface area contributed by atoms with Crippen molar-refractivity contribution in [3.05, 3.63) is 37.7 Å². The number of halogens is 2. The molecule has 1 amide bonds. The number of nitrogens with one attached hydrogen (secondary N) is 2. The molecule has 1 aliphatic heterocycles. The Kier molecular flexibility index (Phi) is 6.10. The molecule has 1 aromatic heterocycles. The summed E-state index contributed by atoms with van der Waals surface area (Å²) in [6.07, 6.45) is 3.42. The second-order valence-electron chi connectivity index (χ2n) is 8.91. The zero-order chi connectivity index (χ0) is 22.5. The summed E-state index contributed by atoms with van der Waals surface area (Å²) in [6.45, 7) is 9.09. The van der Waals surface area contributed by atoms with Crippen LogP contribution in [0.25, 0.3) is 0 Å². The Morgan fingerprint density at radius 1 is 1.29 bits per heavy atom. The van der Waals surface area contributed by atoms with Gasteiger partial charge in [0.25, 0.3) is 5.91 Å². The van der Waals surface area contributed by atoms with E-state index in [1.807, 2.05) is 6.92 Å². The van der Waals surface area contributed by atoms with Gasteiger partial charge in [0.05, 0.1) is 27.8 Å². The highest BCUT2D eigenvalue weighted by Crippen LogP contribution is 2.49. The first kappa shape index (κ1) is 22.6. The number of thiophene rings is 1. The van der Waals surface area contributed by atoms with Crippen molar-refractivity contribution in [2.45, 2.75) is 59.5 Å². The largest absolute Gasteiger partial charge is 0.504 e. The highest BCUT2D eigenvalue weighted by Gasteiger charge is 2.38. The minimum absolute atomic E-state index is 0.122. The van der Waals surface area contributed by atoms with Gasteiger partial charge >= 0.3 is 0 Å². The van der Waals surface area contributed by atoms with Crippen LogP contribution in [0.3, 0.4) is 0 Å². The predicted molar refractivity (Wildman–Crippen MR) is 127 cm³/mol. The summed E-state index contributed by atoms with van der Waals surface area (Å²) in [5.41, 5.74) is 2.47. The molecule has 5 nitrogen and oxygen atoms in total. The van der Waals surface area contributed by atoms with Crippen molar-refractivity contribution < 1.29 is 14.6 Å². The van der Waals surface area contributed by atoms with E-state index < -0.39 is 6.17 Å². The topological polar surface area (TPSA) is 70.6 Å². The van der Waals surface area contributed by atoms with E-state index in [2.05, 4.69) is 31.4 Å². The minimum Gasteiger partial charge on any atom is -0.504 e. The van der Waals surface area contributed by atoms with Crippen LogP contribution in [-0.2, 0) is 12.8 Å². The summed E-state index contributed by atoms with van der Waals surface area (Å²) in [4.78, 5) is 14.4. The molecule has 0 fully saturated rings. The zero-order valence-electron chi connectivity index (χ0n) is 18.2. The molecule has 31 heavy (non-hydrogen) atoms. The number of carbonyl (C=O) groups excluding carboxylic acids is 1. The molecule has 0 radical (unpaired) electrons. The van der Waals surface area contributed by atoms with Crippen LogP contribution >= 0.6 is 34.5 Å². The number of phenols is 1. The van der Waals surface area contributed by atoms with Gasteiger partial charge in [-0.2, -0.15) is 0 Å². The van der Waals surface area contributed by atoms with Crippen molar-refractivity contribution in [1.82, 2.24) is 5.32 Å². The Morgan fingerprint density at radius 3 is 2.71 bits per heavy atom. The normalized spacial score (nSPS) is 20.5. The van der Waals surface area contributed by atoms with Crippen LogP contribution in [0.4, 0.5) is 5.00 Å². The lowest BCUT2D eigenvalue weighted by molar-refractivity contribution is 0.0934. The van der Waals surface area contributed by atoms with Crippen molar-refractivity contribution in [1.29, 1.82) is 0 Å². The molecule has 0 saturated carbocycles. The Hall–Kier alpha value is -1.63. The number of amides is 1. The van der Waals surface area contributed by atoms with E-state index in [4.69, 9.17) is 27.9 Å². The van der Waals surface area contributed by atoms with Crippen LogP contribution in [0.15, 0.2) is 6.07 Å². The van der Waals surface area contributed by atoms with E-state index in [0.29, 0.717) is 18.1 Å². The number of ether oxygens (including phenoxy) is 1. The molecule has 1 aliphatic carbocycles. The van der Waals surface area contributed by atoms with Crippen molar-refractivity contribution in [3.8, 4) is 11.5 Å². The van der Waals surface area contributed by atoms with Gasteiger partial charge in [-0.25, -0.2) is 0 Å². The fourth-order valence-electron chi connectivity index (χ4n) is 4.54. The number of phenolic OH excluding ortho intramolecular Hbond substituents is 1. The summed E-state index contributed by atoms with van der Waals surface area (Å²) >= 11 is 14.3. The first-order chi connectivity index (χ1) is 14.7. The lowest BCUT2D eigenvalue weighted by atomic mass is 9.69. The van der Waals surface area contributed by atoms with Gasteiger partial charge in [0, 0.05) is 10.9 Å². The van der Waals surface area contributed by atoms with Crippen LogP contribution in [0.5, 0.6) is 11.5 Å². The maximum Gasteiger partial charge on any atom is 0.256 e. The van der Waals surface area contributed by atoms with E-state index in [-0.39, 0.29) is 32.9 Å². The van der Waals surface area contributed by atoms with E-state index >= 15 is 0 Å². The molecule has 0 spiro atoms. The van der Waals surface area contributed by atoms with Gasteiger partial charge < -0.3 is 20.5 Å². The standard InChI is InChI=1S/C23H28Cl2N2O3S/c1-5-23(3,4)11-7-8-12-15(9-11)31-22-16(12)21(29)26-20(27-22)17-18(25)13(24)10-14(19(17)28)30-6-2/h10-11,20,27-28H,5-9H2,1-4H3,(H,26,29). The second kappa shape index (κ2) is 8.38. The molecule has 8 heteroatoms. The maximum atomic E-state index is 13.1. The molecule has 1 aromatic carbocycles. The Bertz CT molecular complexity index is 1030. The molecule has 2 heterocycles. The molecule has 0 saturated heterocycles. The number of hydrogen-bond acceptors (Lipinski definition) is 5. The quantitative estimate of drug-likeness (QED) is 0.451. The fraction of sp³-hybridized carbons (Fsp3) is 0.522. The van der Waals surface area contributed by atoms with Gasteiger partial charge in [-0.1, -0.05) is 50.4 Å². The fourth-order valence-corrected chi connectivity index (χ4v) is 6.35. The number of benzene rings is 1. The predicted octanol–water partition coefficient (Wildman–Crippen LogP) is 6.55. The molecule has 168 valence electrons. The molecule has 3 N–H and O–H groups in total.